The maximum atomic E-state index is 12.7. The first kappa shape index (κ1) is 20.6. The van der Waals surface area contributed by atoms with Crippen molar-refractivity contribution >= 4 is 17.5 Å². The molecule has 0 unspecified atom stereocenters. The van der Waals surface area contributed by atoms with E-state index in [0.29, 0.717) is 17.7 Å². The number of nitrogens with zero attached hydrogens (tertiary/aromatic N) is 6. The molecule has 2 aliphatic rings. The maximum absolute atomic E-state index is 12.7. The number of aromatic amines is 1. The van der Waals surface area contributed by atoms with Gasteiger partial charge in [0.1, 0.15) is 0 Å². The Morgan fingerprint density at radius 1 is 1.19 bits per heavy atom. The molecule has 0 saturated carbocycles. The summed E-state index contributed by atoms with van der Waals surface area (Å²) in [5, 5.41) is 13.5. The topological polar surface area (TPSA) is 103 Å². The largest absolute Gasteiger partial charge is 0.334 e. The Hall–Kier alpha value is -3.33. The van der Waals surface area contributed by atoms with E-state index in [1.165, 1.54) is 16.7 Å². The quantitative estimate of drug-likeness (QED) is 0.653. The molecule has 9 nitrogen and oxygen atoms in total. The van der Waals surface area contributed by atoms with Crippen LogP contribution in [0.1, 0.15) is 52.6 Å². The molecule has 4 heterocycles. The number of hydrogen-bond donors (Lipinski definition) is 2. The van der Waals surface area contributed by atoms with Crippen molar-refractivity contribution in [2.75, 3.05) is 11.9 Å². The van der Waals surface area contributed by atoms with Gasteiger partial charge in [0.15, 0.2) is 5.69 Å². The molecule has 0 radical (unpaired) electrons. The van der Waals surface area contributed by atoms with Crippen molar-refractivity contribution in [3.05, 3.63) is 58.7 Å². The molecule has 0 bridgehead atoms. The molecule has 2 N–H and O–H groups in total. The number of piperidine rings is 1. The monoisotopic (exact) mass is 432 g/mol. The van der Waals surface area contributed by atoms with Crippen LogP contribution in [0.4, 0.5) is 11.6 Å². The molecule has 1 saturated heterocycles. The Morgan fingerprint density at radius 3 is 2.72 bits per heavy atom. The average molecular weight is 433 g/mol. The number of rotatable bonds is 4. The highest BCUT2D eigenvalue weighted by Gasteiger charge is 2.35. The van der Waals surface area contributed by atoms with E-state index in [-0.39, 0.29) is 11.9 Å². The Labute approximate surface area is 187 Å². The number of likely N-dealkylation sites (tertiary alicyclic amines) is 1. The summed E-state index contributed by atoms with van der Waals surface area (Å²) in [7, 11) is 0. The number of benzene rings is 1. The molecule has 5 rings (SSSR count). The summed E-state index contributed by atoms with van der Waals surface area (Å²) in [5.74, 6) is 0.583. The molecule has 0 spiro atoms. The van der Waals surface area contributed by atoms with E-state index in [1.54, 1.807) is 6.20 Å². The minimum Gasteiger partial charge on any atom is -0.334 e. The number of carbonyl (C=O) groups is 1. The molecule has 166 valence electrons. The number of fused-ring (bicyclic) bond motifs is 1. The van der Waals surface area contributed by atoms with Gasteiger partial charge in [-0.2, -0.15) is 0 Å². The Bertz CT molecular complexity index is 1110. The number of amides is 1. The molecule has 9 heteroatoms. The first-order valence-electron chi connectivity index (χ1n) is 11.1. The summed E-state index contributed by atoms with van der Waals surface area (Å²) in [6, 6.07) is 6.92. The molecule has 1 fully saturated rings. The number of anilines is 2. The molecule has 3 aromatic rings. The minimum atomic E-state index is -0.0534. The van der Waals surface area contributed by atoms with Gasteiger partial charge in [-0.3, -0.25) is 14.8 Å². The third kappa shape index (κ3) is 4.08. The summed E-state index contributed by atoms with van der Waals surface area (Å²) < 4.78 is 0. The van der Waals surface area contributed by atoms with Crippen LogP contribution in [0.2, 0.25) is 0 Å². The van der Waals surface area contributed by atoms with Crippen molar-refractivity contribution in [1.82, 2.24) is 35.2 Å². The summed E-state index contributed by atoms with van der Waals surface area (Å²) in [6.45, 7) is 8.67. The third-order valence-electron chi connectivity index (χ3n) is 6.42. The fraction of sp³-hybridized carbons (Fsp3) is 0.435. The number of nitrogens with one attached hydrogen (secondary N) is 2. The molecule has 2 atom stereocenters. The predicted octanol–water partition coefficient (Wildman–Crippen LogP) is 2.96. The van der Waals surface area contributed by atoms with Crippen molar-refractivity contribution in [2.24, 2.45) is 0 Å². The standard InChI is InChI=1S/C23H28N8O/c1-14-6-15(2)8-18(7-14)26-23-24-10-17-12-30(13-21(17)27-23)19-4-5-31(16(3)9-19)22(32)20-11-25-29-28-20/h6-8,10-11,16,19H,4-5,9,12-13H2,1-3H3,(H,24,26,27)(H,25,28,29)/t16-,19-/m1/s1. The maximum Gasteiger partial charge on any atom is 0.276 e. The second-order valence-corrected chi connectivity index (χ2v) is 8.96. The minimum absolute atomic E-state index is 0.0534. The second kappa shape index (κ2) is 8.31. The number of aromatic nitrogens is 5. The lowest BCUT2D eigenvalue weighted by Gasteiger charge is -2.40. The van der Waals surface area contributed by atoms with Gasteiger partial charge in [-0.15, -0.1) is 5.10 Å². The van der Waals surface area contributed by atoms with Crippen LogP contribution >= 0.6 is 0 Å². The highest BCUT2D eigenvalue weighted by molar-refractivity contribution is 5.92. The molecular formula is C23H28N8O. The van der Waals surface area contributed by atoms with E-state index < -0.39 is 0 Å². The van der Waals surface area contributed by atoms with E-state index in [9.17, 15) is 4.79 Å². The molecule has 2 aliphatic heterocycles. The molecular weight excluding hydrogens is 404 g/mol. The van der Waals surface area contributed by atoms with Crippen LogP contribution in [0.3, 0.4) is 0 Å². The molecule has 1 aromatic carbocycles. The van der Waals surface area contributed by atoms with Gasteiger partial charge in [0.25, 0.3) is 5.91 Å². The van der Waals surface area contributed by atoms with Crippen molar-refractivity contribution < 1.29 is 4.79 Å². The fourth-order valence-electron chi connectivity index (χ4n) is 4.91. The first-order chi connectivity index (χ1) is 15.5. The van der Waals surface area contributed by atoms with Crippen LogP contribution < -0.4 is 5.32 Å². The molecule has 1 amide bonds. The molecule has 2 aromatic heterocycles. The van der Waals surface area contributed by atoms with Crippen molar-refractivity contribution in [2.45, 2.75) is 58.8 Å². The van der Waals surface area contributed by atoms with Crippen molar-refractivity contribution in [3.8, 4) is 0 Å². The van der Waals surface area contributed by atoms with E-state index in [4.69, 9.17) is 4.98 Å². The van der Waals surface area contributed by atoms with Gasteiger partial charge >= 0.3 is 0 Å². The summed E-state index contributed by atoms with van der Waals surface area (Å²) in [4.78, 5) is 26.4. The molecule has 0 aliphatic carbocycles. The Morgan fingerprint density at radius 2 is 2.00 bits per heavy atom. The lowest BCUT2D eigenvalue weighted by atomic mass is 9.96. The van der Waals surface area contributed by atoms with Crippen LogP contribution in [0.5, 0.6) is 0 Å². The fourth-order valence-corrected chi connectivity index (χ4v) is 4.91. The van der Waals surface area contributed by atoms with E-state index in [1.807, 2.05) is 11.1 Å². The van der Waals surface area contributed by atoms with Gasteiger partial charge in [-0.05, 0) is 56.9 Å². The van der Waals surface area contributed by atoms with Gasteiger partial charge in [0.2, 0.25) is 5.95 Å². The number of aryl methyl sites for hydroxylation is 2. The predicted molar refractivity (Wildman–Crippen MR) is 120 cm³/mol. The van der Waals surface area contributed by atoms with Gasteiger partial charge < -0.3 is 10.2 Å². The van der Waals surface area contributed by atoms with Gasteiger partial charge in [-0.1, -0.05) is 11.3 Å². The first-order valence-corrected chi connectivity index (χ1v) is 11.1. The van der Waals surface area contributed by atoms with Crippen LogP contribution in [0.15, 0.2) is 30.6 Å². The summed E-state index contributed by atoms with van der Waals surface area (Å²) >= 11 is 0. The lowest BCUT2D eigenvalue weighted by Crippen LogP contribution is -2.50. The summed E-state index contributed by atoms with van der Waals surface area (Å²) in [6.07, 6.45) is 5.36. The van der Waals surface area contributed by atoms with Gasteiger partial charge in [-0.25, -0.2) is 9.97 Å². The highest BCUT2D eigenvalue weighted by Crippen LogP contribution is 2.30. The van der Waals surface area contributed by atoms with Crippen molar-refractivity contribution in [1.29, 1.82) is 0 Å². The number of H-pyrrole nitrogens is 1. The number of hydrogen-bond acceptors (Lipinski definition) is 7. The van der Waals surface area contributed by atoms with Crippen LogP contribution in [-0.2, 0) is 13.1 Å². The van der Waals surface area contributed by atoms with Crippen LogP contribution in [0, 0.1) is 13.8 Å². The smallest absolute Gasteiger partial charge is 0.276 e. The van der Waals surface area contributed by atoms with Crippen molar-refractivity contribution in [3.63, 3.8) is 0 Å². The SMILES string of the molecule is Cc1cc(C)cc(Nc2ncc3c(n2)CN([C@@H]2CCN(C(=O)c4c[nH]nn4)[C@H](C)C2)C3)c1. The Kier molecular flexibility index (Phi) is 5.34. The van der Waals surface area contributed by atoms with Crippen LogP contribution in [0.25, 0.3) is 0 Å². The highest BCUT2D eigenvalue weighted by atomic mass is 16.2. The normalized spacial score (nSPS) is 20.9. The second-order valence-electron chi connectivity index (χ2n) is 8.96. The van der Waals surface area contributed by atoms with Gasteiger partial charge in [0, 0.05) is 49.2 Å². The van der Waals surface area contributed by atoms with E-state index >= 15 is 0 Å². The zero-order valence-corrected chi connectivity index (χ0v) is 18.7. The van der Waals surface area contributed by atoms with E-state index in [2.05, 4.69) is 69.6 Å². The Balaban J connectivity index is 1.23. The third-order valence-corrected chi connectivity index (χ3v) is 6.42. The summed E-state index contributed by atoms with van der Waals surface area (Å²) in [5.41, 5.74) is 6.08. The van der Waals surface area contributed by atoms with E-state index in [0.717, 1.165) is 43.9 Å². The average Bonchev–Trinajstić information content (AvgIpc) is 3.42. The molecule has 32 heavy (non-hydrogen) atoms. The number of carbonyl (C=O) groups excluding carboxylic acids is 1. The van der Waals surface area contributed by atoms with Gasteiger partial charge in [0.05, 0.1) is 11.9 Å². The zero-order valence-electron chi connectivity index (χ0n) is 18.7. The lowest BCUT2D eigenvalue weighted by molar-refractivity contribution is 0.0455. The zero-order chi connectivity index (χ0) is 22.2. The van der Waals surface area contributed by atoms with Crippen LogP contribution in [-0.4, -0.2) is 59.7 Å².